The number of rotatable bonds is 1. The summed E-state index contributed by atoms with van der Waals surface area (Å²) in [4.78, 5) is 10.3. The summed E-state index contributed by atoms with van der Waals surface area (Å²) in [6.07, 6.45) is 3.11. The fraction of sp³-hybridized carbons (Fsp3) is 0.571. The third kappa shape index (κ3) is 1.58. The van der Waals surface area contributed by atoms with E-state index in [1.807, 2.05) is 0 Å². The van der Waals surface area contributed by atoms with Gasteiger partial charge >= 0.3 is 0 Å². The highest BCUT2D eigenvalue weighted by Gasteiger charge is 2.15. The van der Waals surface area contributed by atoms with Crippen molar-refractivity contribution >= 4 is 17.9 Å². The second-order valence-electron chi connectivity index (χ2n) is 2.55. The molecule has 1 aliphatic rings. The quantitative estimate of drug-likeness (QED) is 0.584. The molecule has 0 amide bonds. The van der Waals surface area contributed by atoms with Crippen molar-refractivity contribution in [1.29, 1.82) is 0 Å². The standard InChI is InChI=1S/C7H10ClNO/c8-7-3-6(9)2-1-5(7)4-10/h4,6H,1-3,9H2. The first-order valence-electron chi connectivity index (χ1n) is 3.32. The number of allylic oxidation sites excluding steroid dienone is 1. The Balaban J connectivity index is 2.70. The predicted octanol–water partition coefficient (Wildman–Crippen LogP) is 1.19. The van der Waals surface area contributed by atoms with Crippen LogP contribution < -0.4 is 5.73 Å². The molecule has 0 spiro atoms. The van der Waals surface area contributed by atoms with Crippen molar-refractivity contribution in [2.45, 2.75) is 25.3 Å². The van der Waals surface area contributed by atoms with E-state index in [2.05, 4.69) is 0 Å². The predicted molar refractivity (Wildman–Crippen MR) is 40.8 cm³/mol. The maximum atomic E-state index is 10.3. The first-order valence-corrected chi connectivity index (χ1v) is 3.70. The zero-order valence-electron chi connectivity index (χ0n) is 5.64. The fourth-order valence-electron chi connectivity index (χ4n) is 1.06. The van der Waals surface area contributed by atoms with Crippen molar-refractivity contribution in [2.75, 3.05) is 0 Å². The van der Waals surface area contributed by atoms with Gasteiger partial charge in [0.15, 0.2) is 0 Å². The van der Waals surface area contributed by atoms with E-state index in [0.717, 1.165) is 24.7 Å². The average Bonchev–Trinajstić information content (AvgIpc) is 1.88. The second-order valence-corrected chi connectivity index (χ2v) is 3.01. The van der Waals surface area contributed by atoms with Gasteiger partial charge in [0.25, 0.3) is 0 Å². The lowest BCUT2D eigenvalue weighted by molar-refractivity contribution is -0.105. The highest BCUT2D eigenvalue weighted by Crippen LogP contribution is 2.25. The molecule has 2 N–H and O–H groups in total. The van der Waals surface area contributed by atoms with Crippen molar-refractivity contribution in [1.82, 2.24) is 0 Å². The molecular weight excluding hydrogens is 150 g/mol. The highest BCUT2D eigenvalue weighted by atomic mass is 35.5. The normalized spacial score (nSPS) is 26.8. The molecule has 2 nitrogen and oxygen atoms in total. The minimum Gasteiger partial charge on any atom is -0.327 e. The van der Waals surface area contributed by atoms with Crippen LogP contribution in [0.3, 0.4) is 0 Å². The van der Waals surface area contributed by atoms with Crippen LogP contribution in [0.15, 0.2) is 10.6 Å². The number of nitrogens with two attached hydrogens (primary N) is 1. The van der Waals surface area contributed by atoms with E-state index in [4.69, 9.17) is 17.3 Å². The highest BCUT2D eigenvalue weighted by molar-refractivity contribution is 6.31. The van der Waals surface area contributed by atoms with E-state index in [1.54, 1.807) is 0 Å². The molecule has 0 aromatic carbocycles. The molecule has 56 valence electrons. The van der Waals surface area contributed by atoms with Gasteiger partial charge in [-0.2, -0.15) is 0 Å². The van der Waals surface area contributed by atoms with E-state index >= 15 is 0 Å². The summed E-state index contributed by atoms with van der Waals surface area (Å²) in [7, 11) is 0. The first-order chi connectivity index (χ1) is 4.74. The van der Waals surface area contributed by atoms with E-state index in [-0.39, 0.29) is 6.04 Å². The van der Waals surface area contributed by atoms with Crippen LogP contribution >= 0.6 is 11.6 Å². The molecule has 0 aromatic heterocycles. The summed E-state index contributed by atoms with van der Waals surface area (Å²) in [5, 5.41) is 0.647. The molecule has 1 unspecified atom stereocenters. The van der Waals surface area contributed by atoms with Gasteiger partial charge in [0, 0.05) is 16.6 Å². The topological polar surface area (TPSA) is 43.1 Å². The molecule has 0 saturated carbocycles. The van der Waals surface area contributed by atoms with Crippen LogP contribution in [0.4, 0.5) is 0 Å². The van der Waals surface area contributed by atoms with E-state index in [9.17, 15) is 4.79 Å². The molecule has 10 heavy (non-hydrogen) atoms. The summed E-state index contributed by atoms with van der Waals surface area (Å²) >= 11 is 5.75. The Labute approximate surface area is 65.0 Å². The van der Waals surface area contributed by atoms with Crippen LogP contribution in [0.2, 0.25) is 0 Å². The summed E-state index contributed by atoms with van der Waals surface area (Å²) in [5.74, 6) is 0. The zero-order valence-corrected chi connectivity index (χ0v) is 6.40. The van der Waals surface area contributed by atoms with Gasteiger partial charge in [0.1, 0.15) is 6.29 Å². The SMILES string of the molecule is NC1CCC(C=O)=C(Cl)C1. The third-order valence-electron chi connectivity index (χ3n) is 1.72. The van der Waals surface area contributed by atoms with E-state index in [0.29, 0.717) is 11.5 Å². The van der Waals surface area contributed by atoms with Crippen LogP contribution in [-0.4, -0.2) is 12.3 Å². The van der Waals surface area contributed by atoms with Gasteiger partial charge in [-0.05, 0) is 19.3 Å². The molecule has 1 aliphatic carbocycles. The Bertz CT molecular complexity index is 176. The Morgan fingerprint density at radius 1 is 1.70 bits per heavy atom. The van der Waals surface area contributed by atoms with Crippen LogP contribution in [0.1, 0.15) is 19.3 Å². The molecule has 0 radical (unpaired) electrons. The molecular formula is C7H10ClNO. The molecule has 1 atom stereocenters. The molecule has 0 fully saturated rings. The van der Waals surface area contributed by atoms with Crippen LogP contribution in [0, 0.1) is 0 Å². The van der Waals surface area contributed by atoms with Gasteiger partial charge in [-0.1, -0.05) is 11.6 Å². The van der Waals surface area contributed by atoms with E-state index < -0.39 is 0 Å². The maximum absolute atomic E-state index is 10.3. The van der Waals surface area contributed by atoms with E-state index in [1.165, 1.54) is 0 Å². The average molecular weight is 160 g/mol. The number of hydrogen-bond acceptors (Lipinski definition) is 2. The van der Waals surface area contributed by atoms with Gasteiger partial charge in [-0.25, -0.2) is 0 Å². The van der Waals surface area contributed by atoms with Gasteiger partial charge in [0.2, 0.25) is 0 Å². The number of hydrogen-bond donors (Lipinski definition) is 1. The van der Waals surface area contributed by atoms with Crippen LogP contribution in [-0.2, 0) is 4.79 Å². The monoisotopic (exact) mass is 159 g/mol. The van der Waals surface area contributed by atoms with Crippen molar-refractivity contribution in [3.8, 4) is 0 Å². The van der Waals surface area contributed by atoms with Crippen molar-refractivity contribution in [3.05, 3.63) is 10.6 Å². The Morgan fingerprint density at radius 2 is 2.40 bits per heavy atom. The number of halogens is 1. The lowest BCUT2D eigenvalue weighted by atomic mass is 9.96. The molecule has 0 heterocycles. The molecule has 0 aromatic rings. The van der Waals surface area contributed by atoms with Crippen molar-refractivity contribution in [2.24, 2.45) is 5.73 Å². The lowest BCUT2D eigenvalue weighted by Gasteiger charge is -2.17. The number of aldehydes is 1. The number of carbonyl (C=O) groups is 1. The smallest absolute Gasteiger partial charge is 0.147 e. The Hall–Kier alpha value is -0.340. The second kappa shape index (κ2) is 3.17. The molecule has 0 bridgehead atoms. The number of carbonyl (C=O) groups excluding carboxylic acids is 1. The fourth-order valence-corrected chi connectivity index (χ4v) is 1.40. The first kappa shape index (κ1) is 7.76. The van der Waals surface area contributed by atoms with Crippen molar-refractivity contribution < 1.29 is 4.79 Å². The summed E-state index contributed by atoms with van der Waals surface area (Å²) < 4.78 is 0. The maximum Gasteiger partial charge on any atom is 0.147 e. The molecule has 3 heteroatoms. The Morgan fingerprint density at radius 3 is 2.90 bits per heavy atom. The third-order valence-corrected chi connectivity index (χ3v) is 2.11. The zero-order chi connectivity index (χ0) is 7.56. The van der Waals surface area contributed by atoms with Crippen LogP contribution in [0.25, 0.3) is 0 Å². The van der Waals surface area contributed by atoms with Crippen molar-refractivity contribution in [3.63, 3.8) is 0 Å². The minimum atomic E-state index is 0.149. The van der Waals surface area contributed by atoms with Gasteiger partial charge in [0.05, 0.1) is 0 Å². The minimum absolute atomic E-state index is 0.149. The Kier molecular flexibility index (Phi) is 2.46. The van der Waals surface area contributed by atoms with Gasteiger partial charge in [-0.15, -0.1) is 0 Å². The summed E-state index contributed by atoms with van der Waals surface area (Å²) in [6, 6.07) is 0.149. The summed E-state index contributed by atoms with van der Waals surface area (Å²) in [5.41, 5.74) is 6.33. The van der Waals surface area contributed by atoms with Gasteiger partial charge < -0.3 is 5.73 Å². The molecule has 1 rings (SSSR count). The summed E-state index contributed by atoms with van der Waals surface area (Å²) in [6.45, 7) is 0. The largest absolute Gasteiger partial charge is 0.327 e. The lowest BCUT2D eigenvalue weighted by Crippen LogP contribution is -2.23. The molecule has 0 saturated heterocycles. The van der Waals surface area contributed by atoms with Crippen LogP contribution in [0.5, 0.6) is 0 Å². The van der Waals surface area contributed by atoms with Gasteiger partial charge in [-0.3, -0.25) is 4.79 Å². The molecule has 0 aliphatic heterocycles.